The summed E-state index contributed by atoms with van der Waals surface area (Å²) in [5.41, 5.74) is 2.94. The standard InChI is InChI=1S/C16H17BrN2O3S/c1-10(2)22-13-6-4-11(8-14(13)21-3)16(20)19-18-9-12-5-7-15(17)23-12/h4-10H,1-3H3,(H,19,20)/b18-9+. The van der Waals surface area contributed by atoms with E-state index in [1.807, 2.05) is 26.0 Å². The Hall–Kier alpha value is -1.86. The van der Waals surface area contributed by atoms with Gasteiger partial charge >= 0.3 is 0 Å². The highest BCUT2D eigenvalue weighted by Crippen LogP contribution is 2.29. The molecule has 0 saturated carbocycles. The predicted molar refractivity (Wildman–Crippen MR) is 95.8 cm³/mol. The molecular formula is C16H17BrN2O3S. The van der Waals surface area contributed by atoms with E-state index in [1.165, 1.54) is 18.4 Å². The average Bonchev–Trinajstić information content (AvgIpc) is 2.92. The molecule has 0 unspecified atom stereocenters. The first-order valence-electron chi connectivity index (χ1n) is 6.93. The van der Waals surface area contributed by atoms with E-state index in [9.17, 15) is 4.79 Å². The van der Waals surface area contributed by atoms with Crippen molar-refractivity contribution in [1.82, 2.24) is 5.43 Å². The summed E-state index contributed by atoms with van der Waals surface area (Å²) in [6, 6.07) is 8.85. The van der Waals surface area contributed by atoms with E-state index < -0.39 is 0 Å². The van der Waals surface area contributed by atoms with Crippen LogP contribution in [-0.2, 0) is 0 Å². The number of amides is 1. The number of thiophene rings is 1. The lowest BCUT2D eigenvalue weighted by molar-refractivity contribution is 0.0954. The molecule has 0 fully saturated rings. The van der Waals surface area contributed by atoms with Crippen LogP contribution < -0.4 is 14.9 Å². The number of benzene rings is 1. The zero-order valence-electron chi connectivity index (χ0n) is 13.0. The van der Waals surface area contributed by atoms with Crippen LogP contribution in [0.1, 0.15) is 29.1 Å². The fourth-order valence-corrected chi connectivity index (χ4v) is 3.07. The summed E-state index contributed by atoms with van der Waals surface area (Å²) in [7, 11) is 1.54. The Labute approximate surface area is 147 Å². The zero-order valence-corrected chi connectivity index (χ0v) is 15.4. The summed E-state index contributed by atoms with van der Waals surface area (Å²) < 4.78 is 11.9. The van der Waals surface area contributed by atoms with Crippen LogP contribution in [0.2, 0.25) is 0 Å². The van der Waals surface area contributed by atoms with Gasteiger partial charge in [-0.15, -0.1) is 11.3 Å². The molecule has 1 N–H and O–H groups in total. The van der Waals surface area contributed by atoms with Gasteiger partial charge in [-0.05, 0) is 60.1 Å². The van der Waals surface area contributed by atoms with Crippen LogP contribution >= 0.6 is 27.3 Å². The van der Waals surface area contributed by atoms with Gasteiger partial charge in [-0.2, -0.15) is 5.10 Å². The molecular weight excluding hydrogens is 380 g/mol. The van der Waals surface area contributed by atoms with Crippen molar-refractivity contribution in [2.45, 2.75) is 20.0 Å². The quantitative estimate of drug-likeness (QED) is 0.591. The zero-order chi connectivity index (χ0) is 16.8. The van der Waals surface area contributed by atoms with Crippen molar-refractivity contribution < 1.29 is 14.3 Å². The highest BCUT2D eigenvalue weighted by Gasteiger charge is 2.11. The molecule has 2 aromatic rings. The molecule has 1 amide bonds. The number of hydrogen-bond acceptors (Lipinski definition) is 5. The molecule has 0 atom stereocenters. The number of halogens is 1. The summed E-state index contributed by atoms with van der Waals surface area (Å²) in [6.07, 6.45) is 1.62. The van der Waals surface area contributed by atoms with Gasteiger partial charge in [0.1, 0.15) is 0 Å². The Balaban J connectivity index is 2.05. The second-order valence-electron chi connectivity index (χ2n) is 4.87. The van der Waals surface area contributed by atoms with Gasteiger partial charge in [0.15, 0.2) is 11.5 Å². The molecule has 2 rings (SSSR count). The van der Waals surface area contributed by atoms with Gasteiger partial charge in [-0.1, -0.05) is 0 Å². The summed E-state index contributed by atoms with van der Waals surface area (Å²) in [5.74, 6) is 0.801. The van der Waals surface area contributed by atoms with Crippen LogP contribution in [0.15, 0.2) is 39.2 Å². The largest absolute Gasteiger partial charge is 0.493 e. The average molecular weight is 397 g/mol. The van der Waals surface area contributed by atoms with E-state index >= 15 is 0 Å². The summed E-state index contributed by atoms with van der Waals surface area (Å²) in [5, 5.41) is 3.95. The molecule has 0 radical (unpaired) electrons. The van der Waals surface area contributed by atoms with Crippen LogP contribution in [0, 0.1) is 0 Å². The third kappa shape index (κ3) is 5.07. The molecule has 0 aliphatic carbocycles. The number of ether oxygens (including phenoxy) is 2. The minimum atomic E-state index is -0.314. The first-order chi connectivity index (χ1) is 11.0. The maximum Gasteiger partial charge on any atom is 0.271 e. The van der Waals surface area contributed by atoms with Crippen LogP contribution in [0.4, 0.5) is 0 Å². The number of nitrogens with one attached hydrogen (secondary N) is 1. The fraction of sp³-hybridized carbons (Fsp3) is 0.250. The summed E-state index contributed by atoms with van der Waals surface area (Å²) >= 11 is 4.90. The minimum absolute atomic E-state index is 0.0262. The van der Waals surface area contributed by atoms with Gasteiger partial charge in [-0.25, -0.2) is 5.43 Å². The molecule has 122 valence electrons. The molecule has 1 aromatic carbocycles. The smallest absolute Gasteiger partial charge is 0.271 e. The van der Waals surface area contributed by atoms with Crippen molar-refractivity contribution in [1.29, 1.82) is 0 Å². The molecule has 5 nitrogen and oxygen atoms in total. The molecule has 7 heteroatoms. The summed E-state index contributed by atoms with van der Waals surface area (Å²) in [6.45, 7) is 3.86. The van der Waals surface area contributed by atoms with E-state index in [4.69, 9.17) is 9.47 Å². The van der Waals surface area contributed by atoms with Crippen molar-refractivity contribution in [2.24, 2.45) is 5.10 Å². The third-order valence-electron chi connectivity index (χ3n) is 2.74. The highest BCUT2D eigenvalue weighted by molar-refractivity contribution is 9.11. The number of carbonyl (C=O) groups excluding carboxylic acids is 1. The Morgan fingerprint density at radius 2 is 2.09 bits per heavy atom. The lowest BCUT2D eigenvalue weighted by atomic mass is 10.2. The molecule has 0 saturated heterocycles. The lowest BCUT2D eigenvalue weighted by Gasteiger charge is -2.14. The van der Waals surface area contributed by atoms with Crippen molar-refractivity contribution in [3.8, 4) is 11.5 Å². The van der Waals surface area contributed by atoms with E-state index in [-0.39, 0.29) is 12.0 Å². The number of nitrogens with zero attached hydrogens (tertiary/aromatic N) is 1. The molecule has 23 heavy (non-hydrogen) atoms. The molecule has 0 spiro atoms. The van der Waals surface area contributed by atoms with E-state index in [1.54, 1.807) is 24.4 Å². The second kappa shape index (κ2) is 8.12. The van der Waals surface area contributed by atoms with Gasteiger partial charge in [-0.3, -0.25) is 4.79 Å². The van der Waals surface area contributed by atoms with Gasteiger partial charge < -0.3 is 9.47 Å². The number of methoxy groups -OCH3 is 1. The maximum absolute atomic E-state index is 12.1. The Morgan fingerprint density at radius 1 is 1.30 bits per heavy atom. The van der Waals surface area contributed by atoms with Crippen LogP contribution in [0.25, 0.3) is 0 Å². The lowest BCUT2D eigenvalue weighted by Crippen LogP contribution is -2.17. The normalized spacial score (nSPS) is 11.0. The van der Waals surface area contributed by atoms with Crippen LogP contribution in [0.5, 0.6) is 11.5 Å². The molecule has 1 heterocycles. The first-order valence-corrected chi connectivity index (χ1v) is 8.54. The van der Waals surface area contributed by atoms with E-state index in [0.29, 0.717) is 17.1 Å². The molecule has 1 aromatic heterocycles. The predicted octanol–water partition coefficient (Wildman–Crippen LogP) is 4.07. The van der Waals surface area contributed by atoms with Crippen molar-refractivity contribution in [3.05, 3.63) is 44.6 Å². The van der Waals surface area contributed by atoms with E-state index in [0.717, 1.165) is 8.66 Å². The molecule has 0 aliphatic heterocycles. The SMILES string of the molecule is COc1cc(C(=O)N/N=C/c2ccc(Br)s2)ccc1OC(C)C. The van der Waals surface area contributed by atoms with E-state index in [2.05, 4.69) is 26.5 Å². The first kappa shape index (κ1) is 17.5. The van der Waals surface area contributed by atoms with Gasteiger partial charge in [0.2, 0.25) is 0 Å². The third-order valence-corrected chi connectivity index (χ3v) is 4.30. The van der Waals surface area contributed by atoms with Crippen LogP contribution in [0.3, 0.4) is 0 Å². The molecule has 0 aliphatic rings. The monoisotopic (exact) mass is 396 g/mol. The Bertz CT molecular complexity index is 713. The minimum Gasteiger partial charge on any atom is -0.493 e. The number of hydrazone groups is 1. The Kier molecular flexibility index (Phi) is 6.18. The van der Waals surface area contributed by atoms with Gasteiger partial charge in [0, 0.05) is 10.4 Å². The maximum atomic E-state index is 12.1. The van der Waals surface area contributed by atoms with Gasteiger partial charge in [0.25, 0.3) is 5.91 Å². The summed E-state index contributed by atoms with van der Waals surface area (Å²) in [4.78, 5) is 13.1. The van der Waals surface area contributed by atoms with Crippen molar-refractivity contribution >= 4 is 39.4 Å². The fourth-order valence-electron chi connectivity index (χ4n) is 1.78. The topological polar surface area (TPSA) is 59.9 Å². The second-order valence-corrected chi connectivity index (χ2v) is 7.37. The van der Waals surface area contributed by atoms with Crippen LogP contribution in [-0.4, -0.2) is 25.3 Å². The number of carbonyl (C=O) groups is 1. The Morgan fingerprint density at radius 3 is 2.70 bits per heavy atom. The highest BCUT2D eigenvalue weighted by atomic mass is 79.9. The molecule has 0 bridgehead atoms. The van der Waals surface area contributed by atoms with Gasteiger partial charge in [0.05, 0.1) is 23.2 Å². The number of hydrogen-bond donors (Lipinski definition) is 1. The van der Waals surface area contributed by atoms with Crippen molar-refractivity contribution in [2.75, 3.05) is 7.11 Å². The van der Waals surface area contributed by atoms with Crippen molar-refractivity contribution in [3.63, 3.8) is 0 Å². The number of rotatable bonds is 6.